The summed E-state index contributed by atoms with van der Waals surface area (Å²) in [6.07, 6.45) is 0. The maximum atomic E-state index is 11.4. The quantitative estimate of drug-likeness (QED) is 0.847. The molecule has 0 saturated heterocycles. The van der Waals surface area contributed by atoms with Crippen LogP contribution in [0, 0.1) is 6.92 Å². The van der Waals surface area contributed by atoms with Crippen molar-refractivity contribution in [1.29, 1.82) is 0 Å². The Bertz CT molecular complexity index is 551. The van der Waals surface area contributed by atoms with Gasteiger partial charge in [-0.3, -0.25) is 4.79 Å². The van der Waals surface area contributed by atoms with Gasteiger partial charge in [0.15, 0.2) is 0 Å². The van der Waals surface area contributed by atoms with E-state index >= 15 is 0 Å². The fourth-order valence-corrected chi connectivity index (χ4v) is 1.52. The highest BCUT2D eigenvalue weighted by Crippen LogP contribution is 2.19. The number of nitrogens with one attached hydrogen (secondary N) is 2. The molecule has 0 bridgehead atoms. The monoisotopic (exact) mass is 246 g/mol. The molecule has 6 heteroatoms. The highest BCUT2D eigenvalue weighted by molar-refractivity contribution is 5.92. The van der Waals surface area contributed by atoms with E-state index in [-0.39, 0.29) is 12.5 Å². The van der Waals surface area contributed by atoms with Crippen molar-refractivity contribution in [3.05, 3.63) is 30.2 Å². The van der Waals surface area contributed by atoms with Crippen molar-refractivity contribution in [3.8, 4) is 11.4 Å². The molecule has 0 saturated carbocycles. The van der Waals surface area contributed by atoms with E-state index in [1.807, 2.05) is 18.2 Å². The summed E-state index contributed by atoms with van der Waals surface area (Å²) in [5, 5.41) is 9.39. The van der Waals surface area contributed by atoms with Gasteiger partial charge in [0.1, 0.15) is 0 Å². The second kappa shape index (κ2) is 5.42. The van der Waals surface area contributed by atoms with E-state index < -0.39 is 0 Å². The molecule has 1 amide bonds. The zero-order valence-corrected chi connectivity index (χ0v) is 10.2. The number of carbonyl (C=O) groups is 1. The van der Waals surface area contributed by atoms with Crippen LogP contribution in [0.15, 0.2) is 28.8 Å². The van der Waals surface area contributed by atoms with Crippen LogP contribution >= 0.6 is 0 Å². The van der Waals surface area contributed by atoms with E-state index in [0.29, 0.717) is 17.4 Å². The second-order valence-corrected chi connectivity index (χ2v) is 3.80. The van der Waals surface area contributed by atoms with Gasteiger partial charge < -0.3 is 15.2 Å². The average molecular weight is 246 g/mol. The summed E-state index contributed by atoms with van der Waals surface area (Å²) in [7, 11) is 1.72. The molecule has 94 valence electrons. The zero-order chi connectivity index (χ0) is 13.0. The molecule has 0 aliphatic rings. The lowest BCUT2D eigenvalue weighted by atomic mass is 10.2. The van der Waals surface area contributed by atoms with Crippen LogP contribution in [0.4, 0.5) is 5.69 Å². The van der Waals surface area contributed by atoms with Crippen LogP contribution in [0.3, 0.4) is 0 Å². The summed E-state index contributed by atoms with van der Waals surface area (Å²) in [4.78, 5) is 15.6. The van der Waals surface area contributed by atoms with E-state index in [9.17, 15) is 4.79 Å². The summed E-state index contributed by atoms with van der Waals surface area (Å²) in [6, 6.07) is 7.30. The Labute approximate surface area is 104 Å². The first-order valence-electron chi connectivity index (χ1n) is 5.54. The van der Waals surface area contributed by atoms with E-state index in [1.54, 1.807) is 20.0 Å². The van der Waals surface area contributed by atoms with Gasteiger partial charge in [0.25, 0.3) is 0 Å². The summed E-state index contributed by atoms with van der Waals surface area (Å²) in [5.41, 5.74) is 1.50. The molecule has 6 nitrogen and oxygen atoms in total. The smallest absolute Gasteiger partial charge is 0.238 e. The number of amides is 1. The Morgan fingerprint density at radius 2 is 2.28 bits per heavy atom. The zero-order valence-electron chi connectivity index (χ0n) is 10.2. The average Bonchev–Trinajstić information content (AvgIpc) is 2.76. The molecule has 0 fully saturated rings. The van der Waals surface area contributed by atoms with E-state index in [4.69, 9.17) is 4.52 Å². The Morgan fingerprint density at radius 1 is 1.44 bits per heavy atom. The maximum absolute atomic E-state index is 11.4. The van der Waals surface area contributed by atoms with Gasteiger partial charge in [-0.15, -0.1) is 0 Å². The Morgan fingerprint density at radius 3 is 2.94 bits per heavy atom. The summed E-state index contributed by atoms with van der Waals surface area (Å²) in [5.74, 6) is 0.922. The number of anilines is 1. The van der Waals surface area contributed by atoms with Crippen LogP contribution in [-0.4, -0.2) is 29.6 Å². The van der Waals surface area contributed by atoms with Gasteiger partial charge in [0.05, 0.1) is 6.54 Å². The van der Waals surface area contributed by atoms with Crippen molar-refractivity contribution in [3.63, 3.8) is 0 Å². The highest BCUT2D eigenvalue weighted by atomic mass is 16.5. The van der Waals surface area contributed by atoms with Crippen molar-refractivity contribution in [2.75, 3.05) is 18.9 Å². The van der Waals surface area contributed by atoms with Gasteiger partial charge in [-0.25, -0.2) is 0 Å². The molecule has 0 atom stereocenters. The minimum Gasteiger partial charge on any atom is -0.339 e. The van der Waals surface area contributed by atoms with Crippen molar-refractivity contribution >= 4 is 11.6 Å². The number of likely N-dealkylation sites (N-methyl/N-ethyl adjacent to an activating group) is 1. The lowest BCUT2D eigenvalue weighted by molar-refractivity contribution is -0.115. The lowest BCUT2D eigenvalue weighted by Gasteiger charge is -2.05. The van der Waals surface area contributed by atoms with Crippen LogP contribution in [-0.2, 0) is 4.79 Å². The normalized spacial score (nSPS) is 10.3. The molecular formula is C12H14N4O2. The van der Waals surface area contributed by atoms with Crippen LogP contribution in [0.2, 0.25) is 0 Å². The predicted molar refractivity (Wildman–Crippen MR) is 67.0 cm³/mol. The molecular weight excluding hydrogens is 232 g/mol. The Hall–Kier alpha value is -2.21. The predicted octanol–water partition coefficient (Wildman–Crippen LogP) is 1.20. The molecule has 0 spiro atoms. The van der Waals surface area contributed by atoms with Gasteiger partial charge in [-0.05, 0) is 19.2 Å². The number of rotatable bonds is 4. The van der Waals surface area contributed by atoms with Crippen molar-refractivity contribution in [2.24, 2.45) is 0 Å². The van der Waals surface area contributed by atoms with E-state index in [0.717, 1.165) is 5.56 Å². The van der Waals surface area contributed by atoms with Crippen LogP contribution < -0.4 is 10.6 Å². The number of carbonyl (C=O) groups excluding carboxylic acids is 1. The molecule has 0 unspecified atom stereocenters. The fourth-order valence-electron chi connectivity index (χ4n) is 1.52. The molecule has 18 heavy (non-hydrogen) atoms. The minimum atomic E-state index is -0.0982. The Balaban J connectivity index is 2.17. The minimum absolute atomic E-state index is 0.0982. The molecule has 1 heterocycles. The highest BCUT2D eigenvalue weighted by Gasteiger charge is 2.07. The maximum Gasteiger partial charge on any atom is 0.238 e. The molecule has 0 aliphatic carbocycles. The van der Waals surface area contributed by atoms with E-state index in [2.05, 4.69) is 20.8 Å². The number of benzene rings is 1. The first-order valence-corrected chi connectivity index (χ1v) is 5.54. The molecule has 1 aromatic carbocycles. The number of hydrogen-bond acceptors (Lipinski definition) is 5. The Kier molecular flexibility index (Phi) is 3.69. The van der Waals surface area contributed by atoms with Crippen molar-refractivity contribution < 1.29 is 9.32 Å². The third-order valence-corrected chi connectivity index (χ3v) is 2.27. The van der Waals surface area contributed by atoms with Gasteiger partial charge in [0, 0.05) is 18.2 Å². The van der Waals surface area contributed by atoms with Gasteiger partial charge in [-0.2, -0.15) is 4.98 Å². The van der Waals surface area contributed by atoms with E-state index in [1.165, 1.54) is 0 Å². The second-order valence-electron chi connectivity index (χ2n) is 3.80. The van der Waals surface area contributed by atoms with Crippen molar-refractivity contribution in [2.45, 2.75) is 6.92 Å². The first-order chi connectivity index (χ1) is 8.69. The molecule has 2 N–H and O–H groups in total. The number of aromatic nitrogens is 2. The topological polar surface area (TPSA) is 80.0 Å². The molecule has 2 rings (SSSR count). The molecule has 2 aromatic rings. The van der Waals surface area contributed by atoms with Crippen LogP contribution in [0.5, 0.6) is 0 Å². The molecule has 0 radical (unpaired) electrons. The summed E-state index contributed by atoms with van der Waals surface area (Å²) < 4.78 is 4.92. The summed E-state index contributed by atoms with van der Waals surface area (Å²) in [6.45, 7) is 2.00. The van der Waals surface area contributed by atoms with Crippen LogP contribution in [0.1, 0.15) is 5.89 Å². The third-order valence-electron chi connectivity index (χ3n) is 2.27. The lowest BCUT2D eigenvalue weighted by Crippen LogP contribution is -2.24. The standard InChI is InChI=1S/C12H14N4O2/c1-8-14-12(16-18-8)9-4-3-5-10(6-9)15-11(17)7-13-2/h3-6,13H,7H2,1-2H3,(H,15,17). The van der Waals surface area contributed by atoms with Crippen LogP contribution in [0.25, 0.3) is 11.4 Å². The number of aryl methyl sites for hydroxylation is 1. The van der Waals surface area contributed by atoms with Gasteiger partial charge in [0.2, 0.25) is 17.6 Å². The third kappa shape index (κ3) is 2.92. The summed E-state index contributed by atoms with van der Waals surface area (Å²) >= 11 is 0. The number of nitrogens with zero attached hydrogens (tertiary/aromatic N) is 2. The van der Waals surface area contributed by atoms with Gasteiger partial charge in [-0.1, -0.05) is 17.3 Å². The largest absolute Gasteiger partial charge is 0.339 e. The van der Waals surface area contributed by atoms with Crippen molar-refractivity contribution in [1.82, 2.24) is 15.5 Å². The van der Waals surface area contributed by atoms with Gasteiger partial charge >= 0.3 is 0 Å². The fraction of sp³-hybridized carbons (Fsp3) is 0.250. The molecule has 1 aromatic heterocycles. The first kappa shape index (κ1) is 12.3. The SMILES string of the molecule is CNCC(=O)Nc1cccc(-c2noc(C)n2)c1. The number of hydrogen-bond donors (Lipinski definition) is 2. The molecule has 0 aliphatic heterocycles.